The summed E-state index contributed by atoms with van der Waals surface area (Å²) in [5, 5.41) is 0. The van der Waals surface area contributed by atoms with Gasteiger partial charge < -0.3 is 14.4 Å². The van der Waals surface area contributed by atoms with Gasteiger partial charge in [-0.3, -0.25) is 9.69 Å². The Balaban J connectivity index is 0.00000242. The first kappa shape index (κ1) is 18.6. The summed E-state index contributed by atoms with van der Waals surface area (Å²) in [5.41, 5.74) is 0. The fourth-order valence-corrected chi connectivity index (χ4v) is 2.37. The number of carbonyl (C=O) groups excluding carboxylic acids is 1. The van der Waals surface area contributed by atoms with Gasteiger partial charge in [-0.1, -0.05) is 6.07 Å². The number of rotatable bonds is 7. The molecule has 1 saturated heterocycles. The average molecular weight is 329 g/mol. The Hall–Kier alpha value is -1.46. The number of carbonyl (C=O) groups is 1. The number of benzene rings is 1. The SMILES string of the molecule is COc1cccc(OCCN(C)C(=O)CN2CCCC2)c1.Cl. The van der Waals surface area contributed by atoms with Crippen molar-refractivity contribution in [1.82, 2.24) is 9.80 Å². The number of hydrogen-bond donors (Lipinski definition) is 0. The van der Waals surface area contributed by atoms with Gasteiger partial charge in [0.15, 0.2) is 0 Å². The van der Waals surface area contributed by atoms with Crippen LogP contribution in [0.4, 0.5) is 0 Å². The molecule has 1 aromatic carbocycles. The quantitative estimate of drug-likeness (QED) is 0.768. The third-order valence-electron chi connectivity index (χ3n) is 3.72. The van der Waals surface area contributed by atoms with Crippen LogP contribution in [0.2, 0.25) is 0 Å². The zero-order valence-corrected chi connectivity index (χ0v) is 14.1. The molecule has 1 heterocycles. The molecular weight excluding hydrogens is 304 g/mol. The van der Waals surface area contributed by atoms with Crippen molar-refractivity contribution in [1.29, 1.82) is 0 Å². The smallest absolute Gasteiger partial charge is 0.236 e. The Bertz CT molecular complexity index is 464. The molecular formula is C16H25ClN2O3. The third kappa shape index (κ3) is 5.73. The van der Waals surface area contributed by atoms with Crippen LogP contribution in [0.1, 0.15) is 12.8 Å². The van der Waals surface area contributed by atoms with Crippen LogP contribution in [0.3, 0.4) is 0 Å². The van der Waals surface area contributed by atoms with Gasteiger partial charge in [-0.15, -0.1) is 12.4 Å². The van der Waals surface area contributed by atoms with Gasteiger partial charge in [-0.05, 0) is 38.1 Å². The topological polar surface area (TPSA) is 42.0 Å². The Morgan fingerprint density at radius 3 is 2.64 bits per heavy atom. The number of methoxy groups -OCH3 is 1. The van der Waals surface area contributed by atoms with E-state index in [1.54, 1.807) is 12.0 Å². The lowest BCUT2D eigenvalue weighted by atomic mass is 10.3. The van der Waals surface area contributed by atoms with Crippen LogP contribution in [0.25, 0.3) is 0 Å². The van der Waals surface area contributed by atoms with Gasteiger partial charge in [0.2, 0.25) is 5.91 Å². The molecule has 0 aromatic heterocycles. The zero-order chi connectivity index (χ0) is 15.1. The first-order valence-electron chi connectivity index (χ1n) is 7.42. The summed E-state index contributed by atoms with van der Waals surface area (Å²) < 4.78 is 10.8. The second kappa shape index (κ2) is 9.54. The van der Waals surface area contributed by atoms with E-state index in [1.165, 1.54) is 12.8 Å². The van der Waals surface area contributed by atoms with E-state index in [0.717, 1.165) is 24.6 Å². The fourth-order valence-electron chi connectivity index (χ4n) is 2.37. The van der Waals surface area contributed by atoms with E-state index in [9.17, 15) is 4.79 Å². The number of halogens is 1. The molecule has 6 heteroatoms. The summed E-state index contributed by atoms with van der Waals surface area (Å²) in [6, 6.07) is 7.48. The van der Waals surface area contributed by atoms with E-state index in [2.05, 4.69) is 4.90 Å². The molecule has 2 rings (SSSR count). The molecule has 1 aliphatic rings. The molecule has 0 saturated carbocycles. The number of ether oxygens (including phenoxy) is 2. The standard InChI is InChI=1S/C16H24N2O3.ClH/c1-17(16(19)13-18-8-3-4-9-18)10-11-21-15-7-5-6-14(12-15)20-2;/h5-7,12H,3-4,8-11,13H2,1-2H3;1H. The van der Waals surface area contributed by atoms with Crippen molar-refractivity contribution < 1.29 is 14.3 Å². The monoisotopic (exact) mass is 328 g/mol. The molecule has 1 aliphatic heterocycles. The minimum atomic E-state index is 0. The molecule has 0 spiro atoms. The van der Waals surface area contributed by atoms with Crippen LogP contribution in [0.5, 0.6) is 11.5 Å². The van der Waals surface area contributed by atoms with Gasteiger partial charge >= 0.3 is 0 Å². The molecule has 124 valence electrons. The van der Waals surface area contributed by atoms with Gasteiger partial charge in [-0.2, -0.15) is 0 Å². The van der Waals surface area contributed by atoms with Crippen molar-refractivity contribution in [3.8, 4) is 11.5 Å². The zero-order valence-electron chi connectivity index (χ0n) is 13.3. The summed E-state index contributed by atoms with van der Waals surface area (Å²) >= 11 is 0. The van der Waals surface area contributed by atoms with Crippen molar-refractivity contribution in [2.75, 3.05) is 46.9 Å². The number of amides is 1. The van der Waals surface area contributed by atoms with Crippen LogP contribution in [0, 0.1) is 0 Å². The molecule has 5 nitrogen and oxygen atoms in total. The maximum atomic E-state index is 12.1. The minimum Gasteiger partial charge on any atom is -0.497 e. The third-order valence-corrected chi connectivity index (χ3v) is 3.72. The van der Waals surface area contributed by atoms with Crippen molar-refractivity contribution >= 4 is 18.3 Å². The van der Waals surface area contributed by atoms with E-state index < -0.39 is 0 Å². The lowest BCUT2D eigenvalue weighted by molar-refractivity contribution is -0.131. The predicted molar refractivity (Wildman–Crippen MR) is 89.0 cm³/mol. The fraction of sp³-hybridized carbons (Fsp3) is 0.562. The Morgan fingerprint density at radius 2 is 1.95 bits per heavy atom. The summed E-state index contributed by atoms with van der Waals surface area (Å²) in [5.74, 6) is 1.69. The molecule has 0 aliphatic carbocycles. The van der Waals surface area contributed by atoms with Gasteiger partial charge in [0.1, 0.15) is 18.1 Å². The second-order valence-electron chi connectivity index (χ2n) is 5.33. The van der Waals surface area contributed by atoms with E-state index in [4.69, 9.17) is 9.47 Å². The van der Waals surface area contributed by atoms with Crippen LogP contribution < -0.4 is 9.47 Å². The molecule has 22 heavy (non-hydrogen) atoms. The highest BCUT2D eigenvalue weighted by Crippen LogP contribution is 2.18. The van der Waals surface area contributed by atoms with Crippen molar-refractivity contribution in [3.05, 3.63) is 24.3 Å². The Labute approximate surface area is 138 Å². The normalized spacial score (nSPS) is 14.3. The molecule has 1 fully saturated rings. The predicted octanol–water partition coefficient (Wildman–Crippen LogP) is 2.05. The number of likely N-dealkylation sites (tertiary alicyclic amines) is 1. The maximum Gasteiger partial charge on any atom is 0.236 e. The second-order valence-corrected chi connectivity index (χ2v) is 5.33. The van der Waals surface area contributed by atoms with Gasteiger partial charge in [0, 0.05) is 13.1 Å². The lowest BCUT2D eigenvalue weighted by Crippen LogP contribution is -2.38. The van der Waals surface area contributed by atoms with Crippen LogP contribution in [-0.2, 0) is 4.79 Å². The van der Waals surface area contributed by atoms with E-state index in [0.29, 0.717) is 19.7 Å². The number of nitrogens with zero attached hydrogens (tertiary/aromatic N) is 2. The summed E-state index contributed by atoms with van der Waals surface area (Å²) in [4.78, 5) is 16.0. The lowest BCUT2D eigenvalue weighted by Gasteiger charge is -2.21. The van der Waals surface area contributed by atoms with Gasteiger partial charge in [-0.25, -0.2) is 0 Å². The van der Waals surface area contributed by atoms with Crippen molar-refractivity contribution in [3.63, 3.8) is 0 Å². The molecule has 0 atom stereocenters. The minimum absolute atomic E-state index is 0. The highest BCUT2D eigenvalue weighted by molar-refractivity contribution is 5.85. The van der Waals surface area contributed by atoms with Crippen LogP contribution >= 0.6 is 12.4 Å². The van der Waals surface area contributed by atoms with Crippen molar-refractivity contribution in [2.45, 2.75) is 12.8 Å². The molecule has 0 bridgehead atoms. The van der Waals surface area contributed by atoms with E-state index in [-0.39, 0.29) is 18.3 Å². The average Bonchev–Trinajstić information content (AvgIpc) is 3.00. The first-order chi connectivity index (χ1) is 10.2. The molecule has 0 unspecified atom stereocenters. The largest absolute Gasteiger partial charge is 0.497 e. The van der Waals surface area contributed by atoms with Crippen LogP contribution in [0.15, 0.2) is 24.3 Å². The van der Waals surface area contributed by atoms with Gasteiger partial charge in [0.25, 0.3) is 0 Å². The summed E-state index contributed by atoms with van der Waals surface area (Å²) in [7, 11) is 3.46. The van der Waals surface area contributed by atoms with E-state index >= 15 is 0 Å². The first-order valence-corrected chi connectivity index (χ1v) is 7.42. The highest BCUT2D eigenvalue weighted by atomic mass is 35.5. The maximum absolute atomic E-state index is 12.1. The van der Waals surface area contributed by atoms with Crippen LogP contribution in [-0.4, -0.2) is 62.7 Å². The summed E-state index contributed by atoms with van der Waals surface area (Å²) in [6.07, 6.45) is 2.41. The Kier molecular flexibility index (Phi) is 8.06. The number of likely N-dealkylation sites (N-methyl/N-ethyl adjacent to an activating group) is 1. The molecule has 0 radical (unpaired) electrons. The van der Waals surface area contributed by atoms with E-state index in [1.807, 2.05) is 31.3 Å². The van der Waals surface area contributed by atoms with Crippen molar-refractivity contribution in [2.24, 2.45) is 0 Å². The molecule has 1 amide bonds. The summed E-state index contributed by atoms with van der Waals surface area (Å²) in [6.45, 7) is 3.68. The Morgan fingerprint density at radius 1 is 1.27 bits per heavy atom. The van der Waals surface area contributed by atoms with Gasteiger partial charge in [0.05, 0.1) is 20.2 Å². The highest BCUT2D eigenvalue weighted by Gasteiger charge is 2.17. The molecule has 0 N–H and O–H groups in total. The molecule has 1 aromatic rings. The number of hydrogen-bond acceptors (Lipinski definition) is 4.